The van der Waals surface area contributed by atoms with E-state index < -0.39 is 0 Å². The van der Waals surface area contributed by atoms with Gasteiger partial charge in [-0.1, -0.05) is 25.2 Å². The van der Waals surface area contributed by atoms with Crippen molar-refractivity contribution in [1.29, 1.82) is 0 Å². The molecule has 1 heterocycles. The van der Waals surface area contributed by atoms with E-state index in [1.807, 2.05) is 0 Å². The normalized spacial score (nSPS) is 22.8. The van der Waals surface area contributed by atoms with Gasteiger partial charge in [0.25, 0.3) is 0 Å². The molecule has 0 atom stereocenters. The van der Waals surface area contributed by atoms with Crippen LogP contribution < -0.4 is 0 Å². The molecule has 0 amide bonds. The summed E-state index contributed by atoms with van der Waals surface area (Å²) in [5.74, 6) is 0. The third kappa shape index (κ3) is 2.76. The minimum absolute atomic E-state index is 1.09. The molecule has 1 saturated heterocycles. The molecule has 0 radical (unpaired) electrons. The van der Waals surface area contributed by atoms with E-state index in [4.69, 9.17) is 0 Å². The van der Waals surface area contributed by atoms with Gasteiger partial charge in [0.15, 0.2) is 0 Å². The van der Waals surface area contributed by atoms with Crippen molar-refractivity contribution in [1.82, 2.24) is 9.80 Å². The van der Waals surface area contributed by atoms with Crippen molar-refractivity contribution in [3.05, 3.63) is 35.6 Å². The Labute approximate surface area is 98.9 Å². The van der Waals surface area contributed by atoms with E-state index in [0.717, 1.165) is 12.8 Å². The second kappa shape index (κ2) is 5.35. The highest BCUT2D eigenvalue weighted by Gasteiger charge is 2.15. The van der Waals surface area contributed by atoms with Gasteiger partial charge in [-0.3, -0.25) is 0 Å². The standard InChI is InChI=1S/C14H22N2/c1-3-13-5-4-6-14(8-7-13)16-11-9-15(2)10-12-16/h4-5,7-8H,3,6,9-12H2,1-2H3. The predicted octanol–water partition coefficient (Wildman–Crippen LogP) is 2.41. The van der Waals surface area contributed by atoms with Crippen LogP contribution in [0.2, 0.25) is 0 Å². The fourth-order valence-electron chi connectivity index (χ4n) is 2.22. The van der Waals surface area contributed by atoms with Crippen LogP contribution in [0, 0.1) is 0 Å². The van der Waals surface area contributed by atoms with Gasteiger partial charge >= 0.3 is 0 Å². The number of hydrogen-bond donors (Lipinski definition) is 0. The Hall–Kier alpha value is -1.02. The SMILES string of the molecule is CCC1=CC=C(N2CCN(C)CC2)CC=C1. The van der Waals surface area contributed by atoms with Crippen LogP contribution in [0.25, 0.3) is 0 Å². The summed E-state index contributed by atoms with van der Waals surface area (Å²) in [6, 6.07) is 0. The van der Waals surface area contributed by atoms with Crippen LogP contribution in [-0.2, 0) is 0 Å². The number of nitrogens with zero attached hydrogens (tertiary/aromatic N) is 2. The number of hydrogen-bond acceptors (Lipinski definition) is 2. The zero-order valence-electron chi connectivity index (χ0n) is 10.4. The van der Waals surface area contributed by atoms with Crippen molar-refractivity contribution >= 4 is 0 Å². The maximum atomic E-state index is 2.53. The van der Waals surface area contributed by atoms with Gasteiger partial charge < -0.3 is 9.80 Å². The van der Waals surface area contributed by atoms with Crippen LogP contribution in [0.15, 0.2) is 35.6 Å². The lowest BCUT2D eigenvalue weighted by Crippen LogP contribution is -2.43. The summed E-state index contributed by atoms with van der Waals surface area (Å²) >= 11 is 0. The molecular formula is C14H22N2. The fourth-order valence-corrected chi connectivity index (χ4v) is 2.22. The number of allylic oxidation sites excluding steroid dienone is 5. The van der Waals surface area contributed by atoms with E-state index in [1.165, 1.54) is 37.4 Å². The fraction of sp³-hybridized carbons (Fsp3) is 0.571. The van der Waals surface area contributed by atoms with Gasteiger partial charge in [-0.25, -0.2) is 0 Å². The molecule has 1 aliphatic carbocycles. The maximum absolute atomic E-state index is 2.53. The molecule has 0 aromatic heterocycles. The summed E-state index contributed by atoms with van der Waals surface area (Å²) in [7, 11) is 2.20. The summed E-state index contributed by atoms with van der Waals surface area (Å²) in [5, 5.41) is 0. The predicted molar refractivity (Wildman–Crippen MR) is 69.3 cm³/mol. The van der Waals surface area contributed by atoms with Crippen molar-refractivity contribution in [2.45, 2.75) is 19.8 Å². The molecule has 0 aromatic rings. The second-order valence-corrected chi connectivity index (χ2v) is 4.65. The first-order valence-corrected chi connectivity index (χ1v) is 6.29. The topological polar surface area (TPSA) is 6.48 Å². The Morgan fingerprint density at radius 2 is 1.88 bits per heavy atom. The van der Waals surface area contributed by atoms with Crippen molar-refractivity contribution in [3.63, 3.8) is 0 Å². The van der Waals surface area contributed by atoms with E-state index in [-0.39, 0.29) is 0 Å². The molecule has 0 aromatic carbocycles. The third-order valence-corrected chi connectivity index (χ3v) is 3.47. The monoisotopic (exact) mass is 218 g/mol. The first-order chi connectivity index (χ1) is 7.79. The van der Waals surface area contributed by atoms with Crippen LogP contribution in [0.3, 0.4) is 0 Å². The molecule has 0 unspecified atom stereocenters. The minimum Gasteiger partial charge on any atom is -0.372 e. The largest absolute Gasteiger partial charge is 0.372 e. The zero-order valence-corrected chi connectivity index (χ0v) is 10.4. The van der Waals surface area contributed by atoms with Gasteiger partial charge in [-0.05, 0) is 25.1 Å². The summed E-state index contributed by atoms with van der Waals surface area (Å²) in [5.41, 5.74) is 2.91. The highest BCUT2D eigenvalue weighted by Crippen LogP contribution is 2.18. The van der Waals surface area contributed by atoms with Crippen LogP contribution in [0.4, 0.5) is 0 Å². The summed E-state index contributed by atoms with van der Waals surface area (Å²) < 4.78 is 0. The lowest BCUT2D eigenvalue weighted by atomic mass is 10.2. The van der Waals surface area contributed by atoms with Crippen LogP contribution in [0.1, 0.15) is 19.8 Å². The van der Waals surface area contributed by atoms with E-state index >= 15 is 0 Å². The highest BCUT2D eigenvalue weighted by atomic mass is 15.2. The van der Waals surface area contributed by atoms with Gasteiger partial charge in [0, 0.05) is 38.3 Å². The molecule has 88 valence electrons. The van der Waals surface area contributed by atoms with E-state index in [0.29, 0.717) is 0 Å². The van der Waals surface area contributed by atoms with Crippen LogP contribution >= 0.6 is 0 Å². The smallest absolute Gasteiger partial charge is 0.0303 e. The van der Waals surface area contributed by atoms with Gasteiger partial charge in [-0.2, -0.15) is 0 Å². The molecule has 0 saturated carbocycles. The lowest BCUT2D eigenvalue weighted by molar-refractivity contribution is 0.184. The van der Waals surface area contributed by atoms with Crippen molar-refractivity contribution in [2.24, 2.45) is 0 Å². The third-order valence-electron chi connectivity index (χ3n) is 3.47. The quantitative estimate of drug-likeness (QED) is 0.702. The maximum Gasteiger partial charge on any atom is 0.0303 e. The van der Waals surface area contributed by atoms with Crippen molar-refractivity contribution < 1.29 is 0 Å². The van der Waals surface area contributed by atoms with Crippen LogP contribution in [0.5, 0.6) is 0 Å². The molecule has 2 rings (SSSR count). The van der Waals surface area contributed by atoms with Gasteiger partial charge in [0.2, 0.25) is 0 Å². The number of likely N-dealkylation sites (N-methyl/N-ethyl adjacent to an activating group) is 1. The summed E-state index contributed by atoms with van der Waals surface area (Å²) in [6.07, 6.45) is 11.4. The Kier molecular flexibility index (Phi) is 3.83. The molecule has 1 aliphatic heterocycles. The average molecular weight is 218 g/mol. The molecule has 2 nitrogen and oxygen atoms in total. The number of rotatable bonds is 2. The molecule has 0 spiro atoms. The average Bonchev–Trinajstić information content (AvgIpc) is 2.55. The zero-order chi connectivity index (χ0) is 11.4. The van der Waals surface area contributed by atoms with Gasteiger partial charge in [0.1, 0.15) is 0 Å². The first kappa shape index (κ1) is 11.5. The van der Waals surface area contributed by atoms with Crippen LogP contribution in [-0.4, -0.2) is 43.0 Å². The molecule has 16 heavy (non-hydrogen) atoms. The second-order valence-electron chi connectivity index (χ2n) is 4.65. The summed E-state index contributed by atoms with van der Waals surface area (Å²) in [4.78, 5) is 4.93. The first-order valence-electron chi connectivity index (χ1n) is 6.29. The van der Waals surface area contributed by atoms with Crippen molar-refractivity contribution in [3.8, 4) is 0 Å². The molecule has 2 aliphatic rings. The van der Waals surface area contributed by atoms with E-state index in [2.05, 4.69) is 48.1 Å². The molecule has 0 bridgehead atoms. The van der Waals surface area contributed by atoms with E-state index in [9.17, 15) is 0 Å². The highest BCUT2D eigenvalue weighted by molar-refractivity contribution is 5.30. The Morgan fingerprint density at radius 1 is 1.12 bits per heavy atom. The Morgan fingerprint density at radius 3 is 2.56 bits per heavy atom. The molecular weight excluding hydrogens is 196 g/mol. The van der Waals surface area contributed by atoms with Gasteiger partial charge in [0.05, 0.1) is 0 Å². The molecule has 0 N–H and O–H groups in total. The lowest BCUT2D eigenvalue weighted by Gasteiger charge is -2.35. The Bertz CT molecular complexity index is 318. The van der Waals surface area contributed by atoms with Crippen molar-refractivity contribution in [2.75, 3.05) is 33.2 Å². The molecule has 1 fully saturated rings. The Balaban J connectivity index is 2.02. The minimum atomic E-state index is 1.09. The number of piperazine rings is 1. The van der Waals surface area contributed by atoms with E-state index in [1.54, 1.807) is 0 Å². The van der Waals surface area contributed by atoms with Gasteiger partial charge in [-0.15, -0.1) is 0 Å². The summed E-state index contributed by atoms with van der Waals surface area (Å²) in [6.45, 7) is 6.93. The molecule has 2 heteroatoms.